The van der Waals surface area contributed by atoms with E-state index in [1.165, 1.54) is 31.2 Å². The van der Waals surface area contributed by atoms with E-state index in [1.807, 2.05) is 25.2 Å². The molecule has 1 fully saturated rings. The van der Waals surface area contributed by atoms with Crippen molar-refractivity contribution >= 4 is 11.9 Å². The highest BCUT2D eigenvalue weighted by molar-refractivity contribution is 7.97. The molecule has 1 aromatic heterocycles. The molecule has 184 valence electrons. The molecule has 0 atom stereocenters. The molecule has 3 aromatic rings. The highest BCUT2D eigenvalue weighted by Gasteiger charge is 2.19. The number of fused-ring (bicyclic) bond motifs is 1. The van der Waals surface area contributed by atoms with Crippen LogP contribution < -0.4 is 9.46 Å². The number of morpholine rings is 1. The number of rotatable bonds is 7. The summed E-state index contributed by atoms with van der Waals surface area (Å²) < 4.78 is 18.9. The van der Waals surface area contributed by atoms with E-state index in [-0.39, 0.29) is 0 Å². The minimum absolute atomic E-state index is 0.403. The Hall–Kier alpha value is -2.90. The largest absolute Gasteiger partial charge is 0.495 e. The van der Waals surface area contributed by atoms with Crippen molar-refractivity contribution in [3.8, 4) is 34.7 Å². The second-order valence-corrected chi connectivity index (χ2v) is 9.36. The Balaban J connectivity index is 0.000000221. The number of hydrogen-bond acceptors (Lipinski definition) is 9. The van der Waals surface area contributed by atoms with Gasteiger partial charge in [0.2, 0.25) is 5.82 Å². The first-order valence-corrected chi connectivity index (χ1v) is 12.8. The predicted molar refractivity (Wildman–Crippen MR) is 137 cm³/mol. The van der Waals surface area contributed by atoms with Crippen LogP contribution in [-0.4, -0.2) is 67.8 Å². The minimum atomic E-state index is 0.403. The van der Waals surface area contributed by atoms with Crippen LogP contribution in [0.3, 0.4) is 0 Å². The Morgan fingerprint density at radius 1 is 1.20 bits per heavy atom. The Morgan fingerprint density at radius 2 is 2.06 bits per heavy atom. The summed E-state index contributed by atoms with van der Waals surface area (Å²) in [6, 6.07) is 13.6. The van der Waals surface area contributed by atoms with Crippen LogP contribution in [0.5, 0.6) is 5.75 Å². The van der Waals surface area contributed by atoms with Crippen molar-refractivity contribution in [2.75, 3.05) is 52.8 Å². The van der Waals surface area contributed by atoms with Gasteiger partial charge in [0.25, 0.3) is 5.89 Å². The molecule has 1 aliphatic heterocycles. The van der Waals surface area contributed by atoms with E-state index in [4.69, 9.17) is 14.0 Å². The van der Waals surface area contributed by atoms with E-state index < -0.39 is 0 Å². The van der Waals surface area contributed by atoms with E-state index in [0.29, 0.717) is 28.6 Å². The quantitative estimate of drug-likeness (QED) is 0.387. The average Bonchev–Trinajstić information content (AvgIpc) is 3.59. The van der Waals surface area contributed by atoms with E-state index in [0.717, 1.165) is 50.5 Å². The molecule has 0 saturated carbocycles. The fourth-order valence-electron chi connectivity index (χ4n) is 4.31. The third-order valence-corrected chi connectivity index (χ3v) is 6.81. The maximum atomic E-state index is 9.21. The first kappa shape index (κ1) is 25.2. The lowest BCUT2D eigenvalue weighted by atomic mass is 10.0. The lowest BCUT2D eigenvalue weighted by Gasteiger charge is -2.26. The van der Waals surface area contributed by atoms with Crippen molar-refractivity contribution in [2.24, 2.45) is 0 Å². The number of methoxy groups -OCH3 is 1. The van der Waals surface area contributed by atoms with Gasteiger partial charge in [-0.15, -0.1) is 0 Å². The monoisotopic (exact) mass is 493 g/mol. The molecule has 1 N–H and O–H groups in total. The van der Waals surface area contributed by atoms with Gasteiger partial charge in [0.15, 0.2) is 0 Å². The van der Waals surface area contributed by atoms with Crippen LogP contribution in [-0.2, 0) is 17.6 Å². The summed E-state index contributed by atoms with van der Waals surface area (Å²) >= 11 is 1.77. The maximum Gasteiger partial charge on any atom is 0.258 e. The summed E-state index contributed by atoms with van der Waals surface area (Å²) in [7, 11) is 3.50. The van der Waals surface area contributed by atoms with Crippen molar-refractivity contribution in [1.82, 2.24) is 19.8 Å². The van der Waals surface area contributed by atoms with Crippen LogP contribution in [0.25, 0.3) is 22.8 Å². The Bertz CT molecular complexity index is 1150. The minimum Gasteiger partial charge on any atom is -0.495 e. The summed E-state index contributed by atoms with van der Waals surface area (Å²) in [5.41, 5.74) is 4.87. The molecule has 0 radical (unpaired) electrons. The molecule has 2 aliphatic rings. The van der Waals surface area contributed by atoms with Gasteiger partial charge in [-0.25, -0.2) is 0 Å². The van der Waals surface area contributed by atoms with Gasteiger partial charge in [-0.05, 0) is 55.6 Å². The molecule has 0 spiro atoms. The van der Waals surface area contributed by atoms with Crippen LogP contribution in [0.15, 0.2) is 40.9 Å². The van der Waals surface area contributed by atoms with Crippen molar-refractivity contribution in [1.29, 1.82) is 5.26 Å². The van der Waals surface area contributed by atoms with Gasteiger partial charge >= 0.3 is 0 Å². The van der Waals surface area contributed by atoms with Gasteiger partial charge in [-0.3, -0.25) is 9.62 Å². The molecule has 9 heteroatoms. The average molecular weight is 494 g/mol. The summed E-state index contributed by atoms with van der Waals surface area (Å²) in [5, 5.41) is 13.4. The van der Waals surface area contributed by atoms with Crippen molar-refractivity contribution in [2.45, 2.75) is 19.3 Å². The normalized spacial score (nSPS) is 15.1. The van der Waals surface area contributed by atoms with Gasteiger partial charge in [0.05, 0.1) is 25.9 Å². The summed E-state index contributed by atoms with van der Waals surface area (Å²) in [6.45, 7) is 5.19. The molecule has 1 saturated heterocycles. The number of hydrogen-bond donors (Lipinski definition) is 1. The summed E-state index contributed by atoms with van der Waals surface area (Å²) in [4.78, 5) is 6.97. The number of benzene rings is 2. The van der Waals surface area contributed by atoms with Gasteiger partial charge < -0.3 is 14.0 Å². The van der Waals surface area contributed by atoms with Crippen LogP contribution in [0.1, 0.15) is 23.1 Å². The number of nitrogens with one attached hydrogen (secondary N) is 1. The smallest absolute Gasteiger partial charge is 0.258 e. The van der Waals surface area contributed by atoms with E-state index in [9.17, 15) is 5.26 Å². The summed E-state index contributed by atoms with van der Waals surface area (Å²) in [6.07, 6.45) is 3.33. The van der Waals surface area contributed by atoms with Crippen molar-refractivity contribution in [3.63, 3.8) is 0 Å². The number of aromatic nitrogens is 2. The molecule has 0 unspecified atom stereocenters. The number of ether oxygens (including phenoxy) is 2. The zero-order valence-corrected chi connectivity index (χ0v) is 21.1. The molecule has 5 rings (SSSR count). The first-order valence-electron chi connectivity index (χ1n) is 11.9. The molecular formula is C26H31N5O3S. The molecule has 2 aromatic carbocycles. The van der Waals surface area contributed by atoms with E-state index in [2.05, 4.69) is 31.9 Å². The van der Waals surface area contributed by atoms with Crippen LogP contribution >= 0.6 is 11.9 Å². The van der Waals surface area contributed by atoms with Gasteiger partial charge in [-0.1, -0.05) is 35.3 Å². The summed E-state index contributed by atoms with van der Waals surface area (Å²) in [5.74, 6) is 2.69. The van der Waals surface area contributed by atoms with E-state index in [1.54, 1.807) is 24.1 Å². The van der Waals surface area contributed by atoms with Crippen LogP contribution in [0.2, 0.25) is 0 Å². The first-order chi connectivity index (χ1) is 17.2. The predicted octanol–water partition coefficient (Wildman–Crippen LogP) is 3.96. The molecule has 8 nitrogen and oxygen atoms in total. The van der Waals surface area contributed by atoms with E-state index >= 15 is 0 Å². The fraction of sp³-hybridized carbons (Fsp3) is 0.423. The Labute approximate surface area is 210 Å². The molecule has 0 bridgehead atoms. The molecule has 0 amide bonds. The number of nitrogens with zero attached hydrogens (tertiary/aromatic N) is 4. The van der Waals surface area contributed by atoms with Gasteiger partial charge in [0, 0.05) is 36.5 Å². The lowest BCUT2D eigenvalue weighted by molar-refractivity contribution is 0.0410. The number of nitriles is 1. The third kappa shape index (κ3) is 6.41. The SMILES string of the molecule is CNSCCN1CCOCC1.COc1ccc(-c2nc(-c3cccc4c3CCC4)no2)cc1C#N. The molecule has 2 heterocycles. The van der Waals surface area contributed by atoms with Crippen molar-refractivity contribution < 1.29 is 14.0 Å². The van der Waals surface area contributed by atoms with Crippen LogP contribution in [0, 0.1) is 11.3 Å². The number of aryl methyl sites for hydroxylation is 1. The second-order valence-electron chi connectivity index (χ2n) is 8.25. The highest BCUT2D eigenvalue weighted by atomic mass is 32.2. The highest BCUT2D eigenvalue weighted by Crippen LogP contribution is 2.32. The fourth-order valence-corrected chi connectivity index (χ4v) is 4.86. The second kappa shape index (κ2) is 12.7. The molecular weight excluding hydrogens is 462 g/mol. The Kier molecular flexibility index (Phi) is 9.15. The molecule has 1 aliphatic carbocycles. The zero-order chi connectivity index (χ0) is 24.5. The standard InChI is InChI=1S/C19H15N3O2.C7H16N2OS/c1-23-17-9-8-13(10-14(17)11-20)19-21-18(22-24-19)16-7-3-5-12-4-2-6-15(12)16;1-8-11-7-4-9-2-5-10-6-3-9/h3,5,7-10H,2,4,6H2,1H3;8H,2-7H2,1H3. The zero-order valence-electron chi connectivity index (χ0n) is 20.2. The topological polar surface area (TPSA) is 96.4 Å². The lowest BCUT2D eigenvalue weighted by Crippen LogP contribution is -2.37. The maximum absolute atomic E-state index is 9.21. The van der Waals surface area contributed by atoms with Gasteiger partial charge in [0.1, 0.15) is 11.8 Å². The third-order valence-electron chi connectivity index (χ3n) is 6.14. The van der Waals surface area contributed by atoms with Crippen molar-refractivity contribution in [3.05, 3.63) is 53.1 Å². The Morgan fingerprint density at radius 3 is 2.83 bits per heavy atom. The van der Waals surface area contributed by atoms with Gasteiger partial charge in [-0.2, -0.15) is 10.2 Å². The molecule has 35 heavy (non-hydrogen) atoms. The van der Waals surface area contributed by atoms with Crippen LogP contribution in [0.4, 0.5) is 0 Å².